The summed E-state index contributed by atoms with van der Waals surface area (Å²) in [7, 11) is 0. The minimum atomic E-state index is -0.00634. The van der Waals surface area contributed by atoms with Crippen LogP contribution in [-0.4, -0.2) is 28.1 Å². The Kier molecular flexibility index (Phi) is 2.69. The third-order valence-corrected chi connectivity index (χ3v) is 2.42. The topological polar surface area (TPSA) is 67.2 Å². The van der Waals surface area contributed by atoms with E-state index >= 15 is 0 Å². The van der Waals surface area contributed by atoms with Gasteiger partial charge in [-0.25, -0.2) is 0 Å². The molecule has 1 aliphatic rings. The van der Waals surface area contributed by atoms with Crippen molar-refractivity contribution in [2.24, 2.45) is 0 Å². The molecule has 78 valence electrons. The highest BCUT2D eigenvalue weighted by Gasteiger charge is 2.17. The molecule has 2 rings (SSSR count). The second-order valence-corrected chi connectivity index (χ2v) is 3.41. The number of H-pyrrole nitrogens is 1. The van der Waals surface area contributed by atoms with Gasteiger partial charge in [0, 0.05) is 25.3 Å². The molecule has 0 aliphatic carbocycles. The summed E-state index contributed by atoms with van der Waals surface area (Å²) in [5.41, 5.74) is 1.72. The lowest BCUT2D eigenvalue weighted by Gasteiger charge is -2.08. The van der Waals surface area contributed by atoms with Crippen LogP contribution in [0, 0.1) is 0 Å². The van der Waals surface area contributed by atoms with Crippen molar-refractivity contribution < 1.29 is 9.84 Å². The summed E-state index contributed by atoms with van der Waals surface area (Å²) in [6.07, 6.45) is 1.37. The summed E-state index contributed by atoms with van der Waals surface area (Å²) in [6.45, 7) is 1.73. The number of aromatic nitrogens is 2. The lowest BCUT2D eigenvalue weighted by atomic mass is 10.2. The van der Waals surface area contributed by atoms with Crippen LogP contribution in [0.4, 0.5) is 0 Å². The Bertz CT molecular complexity index is 367. The third kappa shape index (κ3) is 1.60. The van der Waals surface area contributed by atoms with Crippen LogP contribution in [0.2, 0.25) is 0 Å². The normalized spacial score (nSPS) is 15.5. The Balaban J connectivity index is 2.25. The van der Waals surface area contributed by atoms with E-state index < -0.39 is 0 Å². The van der Waals surface area contributed by atoms with Crippen LogP contribution in [0.1, 0.15) is 17.7 Å². The number of hydrogen-bond donors (Lipinski definition) is 2. The zero-order chi connectivity index (χ0) is 9.97. The first-order valence-corrected chi connectivity index (χ1v) is 4.82. The molecule has 1 aromatic heterocycles. The van der Waals surface area contributed by atoms with Crippen molar-refractivity contribution in [2.75, 3.05) is 13.2 Å². The number of aliphatic hydroxyl groups excluding tert-OH is 1. The molecule has 0 bridgehead atoms. The van der Waals surface area contributed by atoms with E-state index in [9.17, 15) is 4.79 Å². The molecule has 2 heterocycles. The zero-order valence-corrected chi connectivity index (χ0v) is 7.95. The molecule has 2 N–H and O–H groups in total. The van der Waals surface area contributed by atoms with Gasteiger partial charge in [0.2, 0.25) is 0 Å². The van der Waals surface area contributed by atoms with Gasteiger partial charge in [0.05, 0.1) is 18.8 Å². The van der Waals surface area contributed by atoms with E-state index in [-0.39, 0.29) is 12.2 Å². The summed E-state index contributed by atoms with van der Waals surface area (Å²) in [6, 6.07) is 0. The molecule has 5 nitrogen and oxygen atoms in total. The van der Waals surface area contributed by atoms with Crippen LogP contribution in [-0.2, 0) is 24.3 Å². The van der Waals surface area contributed by atoms with Gasteiger partial charge in [0.15, 0.2) is 0 Å². The van der Waals surface area contributed by atoms with E-state index in [4.69, 9.17) is 9.84 Å². The van der Waals surface area contributed by atoms with Crippen molar-refractivity contribution in [1.82, 2.24) is 9.78 Å². The lowest BCUT2D eigenvalue weighted by Crippen LogP contribution is -2.21. The quantitative estimate of drug-likeness (QED) is 0.696. The van der Waals surface area contributed by atoms with Crippen LogP contribution in [0.15, 0.2) is 4.79 Å². The highest BCUT2D eigenvalue weighted by molar-refractivity contribution is 5.18. The molecule has 0 unspecified atom stereocenters. The highest BCUT2D eigenvalue weighted by atomic mass is 16.5. The molecular weight excluding hydrogens is 184 g/mol. The maximum absolute atomic E-state index is 11.7. The number of hydrogen-bond acceptors (Lipinski definition) is 3. The van der Waals surface area contributed by atoms with Crippen molar-refractivity contribution in [3.8, 4) is 0 Å². The summed E-state index contributed by atoms with van der Waals surface area (Å²) in [5.74, 6) is 0. The van der Waals surface area contributed by atoms with E-state index in [0.29, 0.717) is 26.2 Å². The van der Waals surface area contributed by atoms with E-state index in [2.05, 4.69) is 5.10 Å². The summed E-state index contributed by atoms with van der Waals surface area (Å²) < 4.78 is 6.76. The smallest absolute Gasteiger partial charge is 0.272 e. The first kappa shape index (κ1) is 9.48. The fourth-order valence-electron chi connectivity index (χ4n) is 1.66. The van der Waals surface area contributed by atoms with Crippen LogP contribution in [0.25, 0.3) is 0 Å². The number of nitrogens with zero attached hydrogens (tertiary/aromatic N) is 1. The van der Waals surface area contributed by atoms with Gasteiger partial charge in [0.25, 0.3) is 5.56 Å². The first-order chi connectivity index (χ1) is 6.83. The van der Waals surface area contributed by atoms with E-state index in [1.165, 1.54) is 0 Å². The molecule has 0 saturated heterocycles. The summed E-state index contributed by atoms with van der Waals surface area (Å²) in [5, 5.41) is 11.7. The third-order valence-electron chi connectivity index (χ3n) is 2.42. The monoisotopic (exact) mass is 198 g/mol. The van der Waals surface area contributed by atoms with Crippen molar-refractivity contribution in [3.63, 3.8) is 0 Å². The number of rotatable bonds is 3. The second kappa shape index (κ2) is 3.98. The van der Waals surface area contributed by atoms with E-state index in [1.54, 1.807) is 4.68 Å². The van der Waals surface area contributed by atoms with Crippen molar-refractivity contribution in [3.05, 3.63) is 21.6 Å². The van der Waals surface area contributed by atoms with Crippen LogP contribution in [0.5, 0.6) is 0 Å². The van der Waals surface area contributed by atoms with Gasteiger partial charge in [-0.3, -0.25) is 14.6 Å². The van der Waals surface area contributed by atoms with Gasteiger partial charge >= 0.3 is 0 Å². The van der Waals surface area contributed by atoms with Crippen LogP contribution in [0.3, 0.4) is 0 Å². The fraction of sp³-hybridized carbons (Fsp3) is 0.667. The number of aliphatic hydroxyl groups is 1. The Hall–Kier alpha value is -1.07. The average Bonchev–Trinajstić information content (AvgIpc) is 2.54. The maximum atomic E-state index is 11.7. The van der Waals surface area contributed by atoms with Crippen molar-refractivity contribution >= 4 is 0 Å². The molecule has 0 radical (unpaired) electrons. The highest BCUT2D eigenvalue weighted by Crippen LogP contribution is 2.10. The van der Waals surface area contributed by atoms with Gasteiger partial charge in [-0.05, 0) is 6.42 Å². The zero-order valence-electron chi connectivity index (χ0n) is 7.95. The molecule has 0 spiro atoms. The minimum absolute atomic E-state index is 0.00634. The predicted octanol–water partition coefficient (Wildman–Crippen LogP) is -0.369. The Morgan fingerprint density at radius 3 is 3.14 bits per heavy atom. The van der Waals surface area contributed by atoms with Gasteiger partial charge < -0.3 is 9.84 Å². The second-order valence-electron chi connectivity index (χ2n) is 3.41. The molecule has 1 aliphatic heterocycles. The standard InChI is InChI=1S/C9H14N2O3/c12-4-1-3-11-9(13)7-6-14-5-2-8(7)10-11/h10,12H,1-6H2. The van der Waals surface area contributed by atoms with Crippen LogP contribution >= 0.6 is 0 Å². The van der Waals surface area contributed by atoms with Crippen molar-refractivity contribution in [1.29, 1.82) is 0 Å². The number of fused-ring (bicyclic) bond motifs is 1. The number of nitrogens with one attached hydrogen (secondary N) is 1. The van der Waals surface area contributed by atoms with Gasteiger partial charge in [0.1, 0.15) is 0 Å². The SMILES string of the molecule is O=c1c2c([nH]n1CCCO)CCOC2. The maximum Gasteiger partial charge on any atom is 0.272 e. The minimum Gasteiger partial charge on any atom is -0.396 e. The number of ether oxygens (including phenoxy) is 1. The molecule has 0 atom stereocenters. The summed E-state index contributed by atoms with van der Waals surface area (Å²) >= 11 is 0. The summed E-state index contributed by atoms with van der Waals surface area (Å²) in [4.78, 5) is 11.7. The van der Waals surface area contributed by atoms with E-state index in [1.807, 2.05) is 0 Å². The fourth-order valence-corrected chi connectivity index (χ4v) is 1.66. The Morgan fingerprint density at radius 2 is 2.43 bits per heavy atom. The molecule has 14 heavy (non-hydrogen) atoms. The predicted molar refractivity (Wildman–Crippen MR) is 50.1 cm³/mol. The first-order valence-electron chi connectivity index (χ1n) is 4.82. The lowest BCUT2D eigenvalue weighted by molar-refractivity contribution is 0.109. The average molecular weight is 198 g/mol. The van der Waals surface area contributed by atoms with Gasteiger partial charge in [-0.1, -0.05) is 0 Å². The molecular formula is C9H14N2O3. The molecule has 0 fully saturated rings. The number of aromatic amines is 1. The Labute approximate surface area is 81.3 Å². The van der Waals surface area contributed by atoms with Crippen LogP contribution < -0.4 is 5.56 Å². The largest absolute Gasteiger partial charge is 0.396 e. The molecule has 0 aromatic carbocycles. The van der Waals surface area contributed by atoms with E-state index in [0.717, 1.165) is 17.7 Å². The molecule has 0 amide bonds. The molecule has 1 aromatic rings. The Morgan fingerprint density at radius 1 is 1.57 bits per heavy atom. The van der Waals surface area contributed by atoms with Gasteiger partial charge in [-0.2, -0.15) is 0 Å². The van der Waals surface area contributed by atoms with Crippen molar-refractivity contribution in [2.45, 2.75) is 26.0 Å². The van der Waals surface area contributed by atoms with Gasteiger partial charge in [-0.15, -0.1) is 0 Å². The molecule has 0 saturated carbocycles. The number of aryl methyl sites for hydroxylation is 1. The molecule has 5 heteroatoms.